The fraction of sp³-hybridized carbons (Fsp3) is 0.100. The van der Waals surface area contributed by atoms with Gasteiger partial charge >= 0.3 is 0 Å². The number of benzene rings is 2. The Kier molecular flexibility index (Phi) is 4.87. The Morgan fingerprint density at radius 3 is 2.72 bits per heavy atom. The molecular weight excluding hydrogens is 336 g/mol. The second-order valence-corrected chi connectivity index (χ2v) is 6.00. The van der Waals surface area contributed by atoms with Crippen molar-refractivity contribution in [3.63, 3.8) is 0 Å². The Hall–Kier alpha value is -3.03. The lowest BCUT2D eigenvalue weighted by Gasteiger charge is -2.10. The van der Waals surface area contributed by atoms with Crippen LogP contribution in [0, 0.1) is 18.3 Å². The van der Waals surface area contributed by atoms with Crippen molar-refractivity contribution >= 4 is 11.6 Å². The number of aryl methyl sites for hydroxylation is 1. The molecule has 0 spiro atoms. The summed E-state index contributed by atoms with van der Waals surface area (Å²) in [6, 6.07) is 18.6. The highest BCUT2D eigenvalue weighted by atomic mass is 35.5. The van der Waals surface area contributed by atoms with Gasteiger partial charge in [-0.1, -0.05) is 41.9 Å². The van der Waals surface area contributed by atoms with Crippen LogP contribution in [-0.4, -0.2) is 4.98 Å². The van der Waals surface area contributed by atoms with E-state index in [0.717, 1.165) is 11.1 Å². The van der Waals surface area contributed by atoms with E-state index in [1.807, 2.05) is 54.6 Å². The van der Waals surface area contributed by atoms with Crippen LogP contribution in [0.2, 0.25) is 5.02 Å². The molecule has 3 aromatic rings. The normalized spacial score (nSPS) is 10.3. The summed E-state index contributed by atoms with van der Waals surface area (Å²) in [5.41, 5.74) is 2.63. The summed E-state index contributed by atoms with van der Waals surface area (Å²) < 4.78 is 5.82. The van der Waals surface area contributed by atoms with E-state index < -0.39 is 0 Å². The van der Waals surface area contributed by atoms with Crippen molar-refractivity contribution < 1.29 is 4.74 Å². The summed E-state index contributed by atoms with van der Waals surface area (Å²) in [5.74, 6) is 0.638. The highest BCUT2D eigenvalue weighted by Crippen LogP contribution is 2.26. The highest BCUT2D eigenvalue weighted by molar-refractivity contribution is 6.31. The van der Waals surface area contributed by atoms with Crippen molar-refractivity contribution in [3.8, 4) is 22.9 Å². The molecule has 3 rings (SSSR count). The summed E-state index contributed by atoms with van der Waals surface area (Å²) in [6.45, 7) is 2.12. The molecule has 5 heteroatoms. The number of rotatable bonds is 4. The van der Waals surface area contributed by atoms with E-state index in [4.69, 9.17) is 16.3 Å². The Morgan fingerprint density at radius 1 is 1.16 bits per heavy atom. The van der Waals surface area contributed by atoms with Crippen LogP contribution in [0.3, 0.4) is 0 Å². The predicted molar refractivity (Wildman–Crippen MR) is 97.7 cm³/mol. The van der Waals surface area contributed by atoms with Crippen molar-refractivity contribution in [1.82, 2.24) is 4.98 Å². The molecule has 124 valence electrons. The minimum atomic E-state index is -0.389. The third-order valence-electron chi connectivity index (χ3n) is 3.78. The lowest BCUT2D eigenvalue weighted by molar-refractivity contribution is 0.306. The molecule has 0 saturated carbocycles. The number of H-pyrrole nitrogens is 1. The Bertz CT molecular complexity index is 1020. The zero-order valence-electron chi connectivity index (χ0n) is 13.5. The third kappa shape index (κ3) is 3.73. The maximum Gasteiger partial charge on any atom is 0.266 e. The summed E-state index contributed by atoms with van der Waals surface area (Å²) in [7, 11) is 0. The van der Waals surface area contributed by atoms with Crippen molar-refractivity contribution in [3.05, 3.63) is 86.8 Å². The van der Waals surface area contributed by atoms with Gasteiger partial charge in [0.2, 0.25) is 0 Å². The molecule has 0 aliphatic carbocycles. The zero-order valence-corrected chi connectivity index (χ0v) is 14.3. The SMILES string of the molecule is Cc1cc(-c2cccc(OCc3ccccc3Cl)c2)c(C#N)c(=O)[nH]1. The second-order valence-electron chi connectivity index (χ2n) is 5.59. The fourth-order valence-electron chi connectivity index (χ4n) is 2.56. The molecule has 0 bridgehead atoms. The van der Waals surface area contributed by atoms with Crippen LogP contribution in [0.4, 0.5) is 0 Å². The Labute approximate surface area is 150 Å². The number of halogens is 1. The van der Waals surface area contributed by atoms with E-state index in [-0.39, 0.29) is 11.1 Å². The van der Waals surface area contributed by atoms with Crippen LogP contribution in [-0.2, 0) is 6.61 Å². The lowest BCUT2D eigenvalue weighted by atomic mass is 10.0. The number of aromatic amines is 1. The molecule has 0 atom stereocenters. The van der Waals surface area contributed by atoms with Crippen molar-refractivity contribution in [1.29, 1.82) is 5.26 Å². The molecule has 0 aliphatic heterocycles. The largest absolute Gasteiger partial charge is 0.489 e. The van der Waals surface area contributed by atoms with Crippen LogP contribution in [0.1, 0.15) is 16.8 Å². The molecule has 0 unspecified atom stereocenters. The van der Waals surface area contributed by atoms with Gasteiger partial charge in [0.05, 0.1) is 0 Å². The first-order chi connectivity index (χ1) is 12.1. The van der Waals surface area contributed by atoms with Gasteiger partial charge in [0, 0.05) is 21.8 Å². The van der Waals surface area contributed by atoms with Crippen molar-refractivity contribution in [2.24, 2.45) is 0 Å². The molecule has 2 aromatic carbocycles. The van der Waals surface area contributed by atoms with Gasteiger partial charge < -0.3 is 9.72 Å². The monoisotopic (exact) mass is 350 g/mol. The van der Waals surface area contributed by atoms with E-state index in [1.54, 1.807) is 13.0 Å². The highest BCUT2D eigenvalue weighted by Gasteiger charge is 2.11. The number of hydrogen-bond acceptors (Lipinski definition) is 3. The minimum Gasteiger partial charge on any atom is -0.489 e. The van der Waals surface area contributed by atoms with Crippen LogP contribution in [0.25, 0.3) is 11.1 Å². The minimum absolute atomic E-state index is 0.0915. The van der Waals surface area contributed by atoms with Gasteiger partial charge in [0.1, 0.15) is 24.0 Å². The van der Waals surface area contributed by atoms with Gasteiger partial charge in [-0.25, -0.2) is 0 Å². The summed E-state index contributed by atoms with van der Waals surface area (Å²) >= 11 is 6.14. The van der Waals surface area contributed by atoms with Gasteiger partial charge in [0.25, 0.3) is 5.56 Å². The maximum atomic E-state index is 12.0. The number of pyridine rings is 1. The van der Waals surface area contributed by atoms with E-state index in [2.05, 4.69) is 4.98 Å². The molecule has 1 heterocycles. The van der Waals surface area contributed by atoms with Crippen molar-refractivity contribution in [2.75, 3.05) is 0 Å². The van der Waals surface area contributed by atoms with Crippen LogP contribution < -0.4 is 10.3 Å². The Balaban J connectivity index is 1.92. The maximum absolute atomic E-state index is 12.0. The summed E-state index contributed by atoms with van der Waals surface area (Å²) in [5, 5.41) is 9.94. The smallest absolute Gasteiger partial charge is 0.266 e. The molecule has 1 N–H and O–H groups in total. The number of nitrogens with one attached hydrogen (secondary N) is 1. The van der Waals surface area contributed by atoms with Crippen molar-refractivity contribution in [2.45, 2.75) is 13.5 Å². The standard InChI is InChI=1S/C20H15ClN2O2/c1-13-9-17(18(11-22)20(24)23-13)14-6-4-7-16(10-14)25-12-15-5-2-3-8-19(15)21/h2-10H,12H2,1H3,(H,23,24). The first kappa shape index (κ1) is 16.8. The van der Waals surface area contributed by atoms with Crippen LogP contribution in [0.15, 0.2) is 59.4 Å². The number of ether oxygens (including phenoxy) is 1. The number of nitrogens with zero attached hydrogens (tertiary/aromatic N) is 1. The lowest BCUT2D eigenvalue weighted by Crippen LogP contribution is -2.12. The van der Waals surface area contributed by atoms with Gasteiger partial charge in [-0.2, -0.15) is 5.26 Å². The molecule has 4 nitrogen and oxygen atoms in total. The molecule has 25 heavy (non-hydrogen) atoms. The van der Waals surface area contributed by atoms with Gasteiger partial charge in [0.15, 0.2) is 0 Å². The number of aromatic nitrogens is 1. The quantitative estimate of drug-likeness (QED) is 0.755. The summed E-state index contributed by atoms with van der Waals surface area (Å²) in [6.07, 6.45) is 0. The van der Waals surface area contributed by atoms with Crippen LogP contribution >= 0.6 is 11.6 Å². The molecule has 0 aliphatic rings. The van der Waals surface area contributed by atoms with E-state index >= 15 is 0 Å². The fourth-order valence-corrected chi connectivity index (χ4v) is 2.75. The first-order valence-corrected chi connectivity index (χ1v) is 8.07. The topological polar surface area (TPSA) is 65.9 Å². The summed E-state index contributed by atoms with van der Waals surface area (Å²) in [4.78, 5) is 14.6. The molecule has 0 fully saturated rings. The van der Waals surface area contributed by atoms with E-state index in [0.29, 0.717) is 28.6 Å². The molecule has 0 radical (unpaired) electrons. The first-order valence-electron chi connectivity index (χ1n) is 7.69. The van der Waals surface area contributed by atoms with Crippen LogP contribution in [0.5, 0.6) is 5.75 Å². The molecular formula is C20H15ClN2O2. The van der Waals surface area contributed by atoms with Gasteiger partial charge in [-0.15, -0.1) is 0 Å². The molecule has 0 amide bonds. The average molecular weight is 351 g/mol. The van der Waals surface area contributed by atoms with E-state index in [9.17, 15) is 10.1 Å². The number of nitriles is 1. The molecule has 0 saturated heterocycles. The van der Waals surface area contributed by atoms with Gasteiger partial charge in [-0.3, -0.25) is 4.79 Å². The van der Waals surface area contributed by atoms with Gasteiger partial charge in [-0.05, 0) is 36.8 Å². The predicted octanol–water partition coefficient (Wildman–Crippen LogP) is 4.45. The zero-order chi connectivity index (χ0) is 17.8. The third-order valence-corrected chi connectivity index (χ3v) is 4.15. The van der Waals surface area contributed by atoms with E-state index in [1.165, 1.54) is 0 Å². The average Bonchev–Trinajstić information content (AvgIpc) is 2.61. The second kappa shape index (κ2) is 7.25. The molecule has 1 aromatic heterocycles. The number of hydrogen-bond donors (Lipinski definition) is 1. The Morgan fingerprint density at radius 2 is 1.96 bits per heavy atom.